The van der Waals surface area contributed by atoms with Gasteiger partial charge in [0.1, 0.15) is 11.9 Å². The molecule has 0 bridgehead atoms. The average molecular weight is 246 g/mol. The normalized spacial score (nSPS) is 18.3. The van der Waals surface area contributed by atoms with Crippen LogP contribution < -0.4 is 4.74 Å². The Bertz CT molecular complexity index is 567. The van der Waals surface area contributed by atoms with Crippen molar-refractivity contribution in [1.29, 1.82) is 0 Å². The molecule has 7 heteroatoms. The zero-order valence-electron chi connectivity index (χ0n) is 9.61. The first-order valence-electron chi connectivity index (χ1n) is 5.43. The highest BCUT2D eigenvalue weighted by molar-refractivity contribution is 5.79. The van der Waals surface area contributed by atoms with Gasteiger partial charge in [0, 0.05) is 6.20 Å². The first-order valence-corrected chi connectivity index (χ1v) is 5.43. The minimum absolute atomic E-state index is 0.0482. The third-order valence-corrected chi connectivity index (χ3v) is 2.35. The van der Waals surface area contributed by atoms with Crippen molar-refractivity contribution in [1.82, 2.24) is 15.2 Å². The Morgan fingerprint density at radius 2 is 2.33 bits per heavy atom. The molecule has 0 fully saturated rings. The van der Waals surface area contributed by atoms with Gasteiger partial charge in [-0.1, -0.05) is 5.16 Å². The molecule has 1 aliphatic heterocycles. The van der Waals surface area contributed by atoms with E-state index in [0.29, 0.717) is 29.5 Å². The van der Waals surface area contributed by atoms with Crippen LogP contribution in [0.4, 0.5) is 0 Å². The van der Waals surface area contributed by atoms with Gasteiger partial charge in [-0.25, -0.2) is 0 Å². The van der Waals surface area contributed by atoms with Gasteiger partial charge in [0.25, 0.3) is 0 Å². The zero-order valence-corrected chi connectivity index (χ0v) is 9.61. The molecule has 0 aromatic carbocycles. The lowest BCUT2D eigenvalue weighted by molar-refractivity contribution is 0.0992. The van der Waals surface area contributed by atoms with Crippen LogP contribution in [0.2, 0.25) is 0 Å². The summed E-state index contributed by atoms with van der Waals surface area (Å²) in [6.45, 7) is 1.92. The number of pyridine rings is 1. The van der Waals surface area contributed by atoms with Gasteiger partial charge in [0.05, 0.1) is 18.2 Å². The SMILES string of the molecule is CC1CC(Oc2cncc(-c3nnco3)c2)=NO1. The molecule has 1 unspecified atom stereocenters. The van der Waals surface area contributed by atoms with Crippen molar-refractivity contribution in [3.8, 4) is 17.2 Å². The second-order valence-electron chi connectivity index (χ2n) is 3.86. The lowest BCUT2D eigenvalue weighted by atomic mass is 10.2. The maximum Gasteiger partial charge on any atom is 0.249 e. The number of oxime groups is 1. The monoisotopic (exact) mass is 246 g/mol. The molecule has 7 nitrogen and oxygen atoms in total. The summed E-state index contributed by atoms with van der Waals surface area (Å²) in [5.74, 6) is 1.49. The van der Waals surface area contributed by atoms with Crippen LogP contribution in [0.3, 0.4) is 0 Å². The predicted molar refractivity (Wildman–Crippen MR) is 60.8 cm³/mol. The first kappa shape index (κ1) is 10.7. The fraction of sp³-hybridized carbons (Fsp3) is 0.273. The summed E-state index contributed by atoms with van der Waals surface area (Å²) in [6, 6.07) is 1.76. The fourth-order valence-corrected chi connectivity index (χ4v) is 1.56. The van der Waals surface area contributed by atoms with Crippen molar-refractivity contribution < 1.29 is 14.0 Å². The third kappa shape index (κ3) is 2.15. The third-order valence-electron chi connectivity index (χ3n) is 2.35. The van der Waals surface area contributed by atoms with E-state index in [-0.39, 0.29) is 6.10 Å². The van der Waals surface area contributed by atoms with Gasteiger partial charge in [-0.15, -0.1) is 10.2 Å². The summed E-state index contributed by atoms with van der Waals surface area (Å²) in [7, 11) is 0. The van der Waals surface area contributed by atoms with E-state index in [4.69, 9.17) is 14.0 Å². The lowest BCUT2D eigenvalue weighted by Gasteiger charge is -2.03. The maximum absolute atomic E-state index is 5.56. The van der Waals surface area contributed by atoms with Crippen molar-refractivity contribution in [3.05, 3.63) is 24.9 Å². The van der Waals surface area contributed by atoms with Crippen molar-refractivity contribution in [2.75, 3.05) is 0 Å². The Balaban J connectivity index is 1.79. The van der Waals surface area contributed by atoms with Gasteiger partial charge < -0.3 is 14.0 Å². The molecule has 0 aliphatic carbocycles. The number of aromatic nitrogens is 3. The summed E-state index contributed by atoms with van der Waals surface area (Å²) in [4.78, 5) is 9.09. The van der Waals surface area contributed by atoms with Crippen molar-refractivity contribution in [3.63, 3.8) is 0 Å². The molecular formula is C11H10N4O3. The number of hydrogen-bond acceptors (Lipinski definition) is 7. The van der Waals surface area contributed by atoms with Gasteiger partial charge in [-0.3, -0.25) is 4.98 Å². The van der Waals surface area contributed by atoms with E-state index in [1.54, 1.807) is 18.5 Å². The summed E-state index contributed by atoms with van der Waals surface area (Å²) >= 11 is 0. The molecular weight excluding hydrogens is 236 g/mol. The van der Waals surface area contributed by atoms with Crippen LogP contribution in [0.15, 0.2) is 34.4 Å². The van der Waals surface area contributed by atoms with Gasteiger partial charge in [0.2, 0.25) is 18.2 Å². The number of hydrogen-bond donors (Lipinski definition) is 0. The van der Waals surface area contributed by atoms with Crippen LogP contribution in [0, 0.1) is 0 Å². The van der Waals surface area contributed by atoms with Crippen LogP contribution >= 0.6 is 0 Å². The molecule has 2 aromatic heterocycles. The van der Waals surface area contributed by atoms with Crippen molar-refractivity contribution in [2.45, 2.75) is 19.4 Å². The summed E-state index contributed by atoms with van der Waals surface area (Å²) in [5.41, 5.74) is 0.692. The molecule has 3 rings (SSSR count). The Kier molecular flexibility index (Phi) is 2.64. The lowest BCUT2D eigenvalue weighted by Crippen LogP contribution is -2.08. The Morgan fingerprint density at radius 1 is 1.39 bits per heavy atom. The topological polar surface area (TPSA) is 82.6 Å². The molecule has 2 aromatic rings. The molecule has 0 amide bonds. The highest BCUT2D eigenvalue weighted by Gasteiger charge is 2.18. The van der Waals surface area contributed by atoms with Crippen LogP contribution in [0.25, 0.3) is 11.5 Å². The van der Waals surface area contributed by atoms with Crippen LogP contribution in [-0.4, -0.2) is 27.2 Å². The van der Waals surface area contributed by atoms with Gasteiger partial charge in [-0.2, -0.15) is 0 Å². The first-order chi connectivity index (χ1) is 8.81. The molecule has 1 aliphatic rings. The molecule has 0 spiro atoms. The summed E-state index contributed by atoms with van der Waals surface area (Å²) in [6.07, 6.45) is 5.16. The Morgan fingerprint density at radius 3 is 3.06 bits per heavy atom. The van der Waals surface area contributed by atoms with Gasteiger partial charge >= 0.3 is 0 Å². The van der Waals surface area contributed by atoms with E-state index < -0.39 is 0 Å². The highest BCUT2D eigenvalue weighted by atomic mass is 16.7. The molecule has 1 atom stereocenters. The Hall–Kier alpha value is -2.44. The smallest absolute Gasteiger partial charge is 0.249 e. The zero-order chi connectivity index (χ0) is 12.4. The molecule has 92 valence electrons. The van der Waals surface area contributed by atoms with E-state index in [1.165, 1.54) is 6.39 Å². The van der Waals surface area contributed by atoms with E-state index in [9.17, 15) is 0 Å². The van der Waals surface area contributed by atoms with E-state index in [2.05, 4.69) is 20.3 Å². The van der Waals surface area contributed by atoms with Gasteiger partial charge in [0.15, 0.2) is 0 Å². The second-order valence-corrected chi connectivity index (χ2v) is 3.86. The van der Waals surface area contributed by atoms with Gasteiger partial charge in [-0.05, 0) is 13.0 Å². The molecule has 3 heterocycles. The van der Waals surface area contributed by atoms with E-state index >= 15 is 0 Å². The van der Waals surface area contributed by atoms with E-state index in [1.807, 2.05) is 6.92 Å². The van der Waals surface area contributed by atoms with Crippen LogP contribution in [-0.2, 0) is 4.84 Å². The van der Waals surface area contributed by atoms with E-state index in [0.717, 1.165) is 0 Å². The standard InChI is InChI=1S/C11H10N4O3/c1-7-2-10(15-18-7)17-9-3-8(4-12-5-9)11-14-13-6-16-11/h3-7H,2H2,1H3. The minimum atomic E-state index is 0.0482. The minimum Gasteiger partial charge on any atom is -0.438 e. The van der Waals surface area contributed by atoms with Crippen molar-refractivity contribution >= 4 is 5.90 Å². The van der Waals surface area contributed by atoms with Crippen LogP contribution in [0.5, 0.6) is 5.75 Å². The molecule has 0 radical (unpaired) electrons. The summed E-state index contributed by atoms with van der Waals surface area (Å²) in [5, 5.41) is 11.2. The second kappa shape index (κ2) is 4.44. The molecule has 0 saturated carbocycles. The van der Waals surface area contributed by atoms with Crippen molar-refractivity contribution in [2.24, 2.45) is 5.16 Å². The summed E-state index contributed by atoms with van der Waals surface area (Å²) < 4.78 is 10.6. The fourth-order valence-electron chi connectivity index (χ4n) is 1.56. The number of ether oxygens (including phenoxy) is 1. The van der Waals surface area contributed by atoms with Crippen LogP contribution in [0.1, 0.15) is 13.3 Å². The maximum atomic E-state index is 5.56. The average Bonchev–Trinajstić information content (AvgIpc) is 3.01. The number of nitrogens with zero attached hydrogens (tertiary/aromatic N) is 4. The Labute approximate surface area is 102 Å². The molecule has 18 heavy (non-hydrogen) atoms. The molecule has 0 N–H and O–H groups in total. The highest BCUT2D eigenvalue weighted by Crippen LogP contribution is 2.22. The predicted octanol–water partition coefficient (Wildman–Crippen LogP) is 1.63. The number of rotatable bonds is 2. The molecule has 0 saturated heterocycles. The largest absolute Gasteiger partial charge is 0.438 e. The quantitative estimate of drug-likeness (QED) is 0.800.